The van der Waals surface area contributed by atoms with E-state index in [0.717, 1.165) is 11.4 Å². The number of nitrogens with one attached hydrogen (secondary N) is 1. The van der Waals surface area contributed by atoms with Crippen molar-refractivity contribution in [2.75, 3.05) is 5.32 Å². The number of hydrogen-bond acceptors (Lipinski definition) is 2. The highest BCUT2D eigenvalue weighted by atomic mass is 35.5. The maximum absolute atomic E-state index is 5.85. The molecule has 0 aliphatic carbocycles. The molecule has 1 aromatic carbocycles. The van der Waals surface area contributed by atoms with Crippen molar-refractivity contribution in [2.45, 2.75) is 19.4 Å². The molecule has 1 heterocycles. The van der Waals surface area contributed by atoms with E-state index in [1.54, 1.807) is 11.3 Å². The lowest BCUT2D eigenvalue weighted by Gasteiger charge is -2.13. The second kappa shape index (κ2) is 5.37. The highest BCUT2D eigenvalue weighted by molar-refractivity contribution is 7.08. The maximum atomic E-state index is 5.85. The molecule has 0 aliphatic heterocycles. The Balaban J connectivity index is 1.92. The first kappa shape index (κ1) is 11.5. The quantitative estimate of drug-likeness (QED) is 0.847. The Morgan fingerprint density at radius 3 is 2.62 bits per heavy atom. The van der Waals surface area contributed by atoms with Crippen LogP contribution in [0.1, 0.15) is 12.5 Å². The Labute approximate surface area is 105 Å². The SMILES string of the molecule is CC(Cc1ccc(Cl)cc1)Nc1ccsc1. The summed E-state index contributed by atoms with van der Waals surface area (Å²) in [5, 5.41) is 8.46. The summed E-state index contributed by atoms with van der Waals surface area (Å²) in [5.74, 6) is 0. The van der Waals surface area contributed by atoms with Gasteiger partial charge in [0.05, 0.1) is 0 Å². The zero-order chi connectivity index (χ0) is 11.4. The zero-order valence-electron chi connectivity index (χ0n) is 9.11. The lowest BCUT2D eigenvalue weighted by atomic mass is 10.1. The van der Waals surface area contributed by atoms with Gasteiger partial charge in [-0.15, -0.1) is 0 Å². The molecular formula is C13H14ClNS. The predicted octanol–water partition coefficient (Wildman–Crippen LogP) is 4.44. The molecule has 1 atom stereocenters. The average molecular weight is 252 g/mol. The van der Waals surface area contributed by atoms with Crippen molar-refractivity contribution < 1.29 is 0 Å². The minimum atomic E-state index is 0.427. The Kier molecular flexibility index (Phi) is 3.86. The van der Waals surface area contributed by atoms with Crippen LogP contribution in [0.4, 0.5) is 5.69 Å². The lowest BCUT2D eigenvalue weighted by Crippen LogP contribution is -2.17. The van der Waals surface area contributed by atoms with Crippen molar-refractivity contribution in [1.29, 1.82) is 0 Å². The molecule has 0 spiro atoms. The van der Waals surface area contributed by atoms with Crippen LogP contribution in [0.5, 0.6) is 0 Å². The molecule has 0 saturated heterocycles. The smallest absolute Gasteiger partial charge is 0.0450 e. The number of benzene rings is 1. The molecule has 1 N–H and O–H groups in total. The van der Waals surface area contributed by atoms with Crippen molar-refractivity contribution >= 4 is 28.6 Å². The summed E-state index contributed by atoms with van der Waals surface area (Å²) in [6.45, 7) is 2.19. The van der Waals surface area contributed by atoms with Crippen LogP contribution in [-0.2, 0) is 6.42 Å². The fraction of sp³-hybridized carbons (Fsp3) is 0.231. The topological polar surface area (TPSA) is 12.0 Å². The summed E-state index contributed by atoms with van der Waals surface area (Å²) >= 11 is 7.56. The molecule has 1 unspecified atom stereocenters. The summed E-state index contributed by atoms with van der Waals surface area (Å²) in [4.78, 5) is 0. The van der Waals surface area contributed by atoms with E-state index in [-0.39, 0.29) is 0 Å². The van der Waals surface area contributed by atoms with Crippen LogP contribution in [0.25, 0.3) is 0 Å². The highest BCUT2D eigenvalue weighted by Crippen LogP contribution is 2.16. The first-order valence-electron chi connectivity index (χ1n) is 5.27. The van der Waals surface area contributed by atoms with E-state index in [1.165, 1.54) is 11.3 Å². The van der Waals surface area contributed by atoms with Crippen molar-refractivity contribution in [2.24, 2.45) is 0 Å². The minimum Gasteiger partial charge on any atom is -0.382 e. The number of thiophene rings is 1. The number of halogens is 1. The van der Waals surface area contributed by atoms with Crippen molar-refractivity contribution in [1.82, 2.24) is 0 Å². The van der Waals surface area contributed by atoms with Crippen molar-refractivity contribution in [3.63, 3.8) is 0 Å². The Morgan fingerprint density at radius 2 is 2.00 bits per heavy atom. The van der Waals surface area contributed by atoms with Gasteiger partial charge >= 0.3 is 0 Å². The molecule has 1 aromatic heterocycles. The first-order valence-corrected chi connectivity index (χ1v) is 6.59. The fourth-order valence-corrected chi connectivity index (χ4v) is 2.38. The van der Waals surface area contributed by atoms with E-state index in [9.17, 15) is 0 Å². The predicted molar refractivity (Wildman–Crippen MR) is 72.6 cm³/mol. The van der Waals surface area contributed by atoms with E-state index in [0.29, 0.717) is 6.04 Å². The average Bonchev–Trinajstić information content (AvgIpc) is 2.74. The molecular weight excluding hydrogens is 238 g/mol. The Hall–Kier alpha value is -0.990. The lowest BCUT2D eigenvalue weighted by molar-refractivity contribution is 0.791. The Bertz CT molecular complexity index is 422. The summed E-state index contributed by atoms with van der Waals surface area (Å²) in [6.07, 6.45) is 1.01. The van der Waals surface area contributed by atoms with E-state index < -0.39 is 0 Å². The van der Waals surface area contributed by atoms with Gasteiger partial charge < -0.3 is 5.32 Å². The van der Waals surface area contributed by atoms with Crippen LogP contribution in [0.2, 0.25) is 5.02 Å². The van der Waals surface area contributed by atoms with Gasteiger partial charge in [-0.25, -0.2) is 0 Å². The van der Waals surface area contributed by atoms with Crippen LogP contribution in [0.3, 0.4) is 0 Å². The highest BCUT2D eigenvalue weighted by Gasteiger charge is 2.03. The molecule has 2 rings (SSSR count). The molecule has 0 radical (unpaired) electrons. The third-order valence-electron chi connectivity index (χ3n) is 2.39. The molecule has 84 valence electrons. The fourth-order valence-electron chi connectivity index (χ4n) is 1.66. The normalized spacial score (nSPS) is 12.4. The number of anilines is 1. The first-order chi connectivity index (χ1) is 7.74. The van der Waals surface area contributed by atoms with Gasteiger partial charge in [-0.2, -0.15) is 11.3 Å². The molecule has 16 heavy (non-hydrogen) atoms. The molecule has 2 aromatic rings. The molecule has 0 amide bonds. The van der Waals surface area contributed by atoms with Gasteiger partial charge in [0.1, 0.15) is 0 Å². The molecule has 3 heteroatoms. The monoisotopic (exact) mass is 251 g/mol. The van der Waals surface area contributed by atoms with E-state index >= 15 is 0 Å². The minimum absolute atomic E-state index is 0.427. The van der Waals surface area contributed by atoms with Gasteiger partial charge in [0.2, 0.25) is 0 Å². The largest absolute Gasteiger partial charge is 0.382 e. The van der Waals surface area contributed by atoms with Crippen molar-refractivity contribution in [3.05, 3.63) is 51.7 Å². The summed E-state index contributed by atoms with van der Waals surface area (Å²) < 4.78 is 0. The van der Waals surface area contributed by atoms with E-state index in [2.05, 4.69) is 41.2 Å². The van der Waals surface area contributed by atoms with Gasteiger partial charge in [-0.3, -0.25) is 0 Å². The summed E-state index contributed by atoms with van der Waals surface area (Å²) in [5.41, 5.74) is 2.51. The standard InChI is InChI=1S/C13H14ClNS/c1-10(15-13-6-7-16-9-13)8-11-2-4-12(14)5-3-11/h2-7,9-10,15H,8H2,1H3. The van der Waals surface area contributed by atoms with Crippen LogP contribution in [-0.4, -0.2) is 6.04 Å². The van der Waals surface area contributed by atoms with Gasteiger partial charge in [0, 0.05) is 22.1 Å². The number of rotatable bonds is 4. The summed E-state index contributed by atoms with van der Waals surface area (Å²) in [6, 6.07) is 10.6. The molecule has 0 fully saturated rings. The molecule has 0 aliphatic rings. The molecule has 1 nitrogen and oxygen atoms in total. The van der Waals surface area contributed by atoms with Gasteiger partial charge in [0.15, 0.2) is 0 Å². The van der Waals surface area contributed by atoms with Crippen LogP contribution in [0.15, 0.2) is 41.1 Å². The van der Waals surface area contributed by atoms with E-state index in [4.69, 9.17) is 11.6 Å². The van der Waals surface area contributed by atoms with Crippen LogP contribution >= 0.6 is 22.9 Å². The third-order valence-corrected chi connectivity index (χ3v) is 3.32. The second-order valence-electron chi connectivity index (χ2n) is 3.89. The molecule has 0 saturated carbocycles. The summed E-state index contributed by atoms with van der Waals surface area (Å²) in [7, 11) is 0. The zero-order valence-corrected chi connectivity index (χ0v) is 10.7. The van der Waals surface area contributed by atoms with Gasteiger partial charge in [0.25, 0.3) is 0 Å². The number of hydrogen-bond donors (Lipinski definition) is 1. The van der Waals surface area contributed by atoms with Gasteiger partial charge in [-0.1, -0.05) is 23.7 Å². The maximum Gasteiger partial charge on any atom is 0.0450 e. The van der Waals surface area contributed by atoms with E-state index in [1.807, 2.05) is 12.1 Å². The third kappa shape index (κ3) is 3.26. The van der Waals surface area contributed by atoms with Crippen molar-refractivity contribution in [3.8, 4) is 0 Å². The molecule has 0 bridgehead atoms. The van der Waals surface area contributed by atoms with Gasteiger partial charge in [-0.05, 0) is 42.5 Å². The van der Waals surface area contributed by atoms with Crippen LogP contribution < -0.4 is 5.32 Å². The Morgan fingerprint density at radius 1 is 1.25 bits per heavy atom. The second-order valence-corrected chi connectivity index (χ2v) is 5.10. The van der Waals surface area contributed by atoms with Crippen LogP contribution in [0, 0.1) is 0 Å².